The van der Waals surface area contributed by atoms with Gasteiger partial charge in [0.15, 0.2) is 0 Å². The number of alkyl halides is 2. The summed E-state index contributed by atoms with van der Waals surface area (Å²) >= 11 is 0. The lowest BCUT2D eigenvalue weighted by molar-refractivity contribution is -0.148. The van der Waals surface area contributed by atoms with E-state index in [9.17, 15) is 28.0 Å². The molecule has 2 fully saturated rings. The summed E-state index contributed by atoms with van der Waals surface area (Å²) in [6.07, 6.45) is 2.74. The van der Waals surface area contributed by atoms with Crippen LogP contribution in [0.15, 0.2) is 42.5 Å². The van der Waals surface area contributed by atoms with E-state index in [1.54, 1.807) is 17.9 Å². The Balaban J connectivity index is 1.43. The summed E-state index contributed by atoms with van der Waals surface area (Å²) in [7, 11) is 1.95. The molecule has 14 heteroatoms. The zero-order valence-corrected chi connectivity index (χ0v) is 25.9. The summed E-state index contributed by atoms with van der Waals surface area (Å²) in [5, 5.41) is 18.8. The number of carbonyl (C=O) groups is 4. The van der Waals surface area contributed by atoms with E-state index in [0.717, 1.165) is 44.4 Å². The zero-order valence-electron chi connectivity index (χ0n) is 25.9. The Morgan fingerprint density at radius 2 is 1.70 bits per heavy atom. The summed E-state index contributed by atoms with van der Waals surface area (Å²) in [6, 6.07) is 7.11. The van der Waals surface area contributed by atoms with Gasteiger partial charge in [-0.2, -0.15) is 14.0 Å². The Bertz CT molecular complexity index is 1500. The standard InChI is InChI=1S/C32H38F3N7O4/c1-19(27(40-31(46)38-24-8-5-9-24)29(44)42-14-12-41(3)13-15-42)22-10-11-26(25(33)17-22)39-28(43)20(2)37-30(45)32(34,35)23-7-4-6-21(16-23)18-36/h4,6-7,10-11,16-17,19-20,24,27H,5,8-9,12-15H2,1-3H3,(H,37,45)(H,39,43)(H2,38,40,46)/t19-,20-,27+/m0/s1. The first-order valence-corrected chi connectivity index (χ1v) is 15.1. The van der Waals surface area contributed by atoms with Crippen molar-refractivity contribution in [1.82, 2.24) is 25.8 Å². The Morgan fingerprint density at radius 3 is 2.30 bits per heavy atom. The highest BCUT2D eigenvalue weighted by atomic mass is 19.3. The van der Waals surface area contributed by atoms with Crippen molar-refractivity contribution in [3.8, 4) is 6.07 Å². The molecule has 1 heterocycles. The molecular formula is C32H38F3N7O4. The number of benzene rings is 2. The third-order valence-electron chi connectivity index (χ3n) is 8.47. The van der Waals surface area contributed by atoms with E-state index >= 15 is 4.39 Å². The molecule has 1 aliphatic heterocycles. The van der Waals surface area contributed by atoms with Crippen molar-refractivity contribution in [1.29, 1.82) is 5.26 Å². The van der Waals surface area contributed by atoms with E-state index in [1.807, 2.05) is 12.4 Å². The lowest BCUT2D eigenvalue weighted by Gasteiger charge is -2.37. The Kier molecular flexibility index (Phi) is 10.9. The van der Waals surface area contributed by atoms with Crippen molar-refractivity contribution in [2.75, 3.05) is 38.5 Å². The number of nitrogens with zero attached hydrogens (tertiary/aromatic N) is 3. The molecule has 4 rings (SSSR count). The minimum atomic E-state index is -4.04. The van der Waals surface area contributed by atoms with Crippen LogP contribution in [0, 0.1) is 17.1 Å². The normalized spacial score (nSPS) is 17.5. The molecule has 0 unspecified atom stereocenters. The summed E-state index contributed by atoms with van der Waals surface area (Å²) in [4.78, 5) is 55.2. The molecule has 11 nitrogen and oxygen atoms in total. The predicted octanol–water partition coefficient (Wildman–Crippen LogP) is 3.03. The second-order valence-electron chi connectivity index (χ2n) is 11.8. The molecule has 46 heavy (non-hydrogen) atoms. The lowest BCUT2D eigenvalue weighted by atomic mass is 9.91. The van der Waals surface area contributed by atoms with Gasteiger partial charge >= 0.3 is 12.0 Å². The molecule has 1 saturated carbocycles. The van der Waals surface area contributed by atoms with Crippen molar-refractivity contribution in [3.05, 3.63) is 65.0 Å². The summed E-state index contributed by atoms with van der Waals surface area (Å²) in [5.41, 5.74) is -0.667. The SMILES string of the molecule is C[C@H](NC(=O)C(F)(F)c1cccc(C#N)c1)C(=O)Nc1ccc([C@H](C)[C@@H](NC(=O)NC2CCC2)C(=O)N2CCN(C)CC2)cc1F. The van der Waals surface area contributed by atoms with Crippen LogP contribution < -0.4 is 21.3 Å². The number of carbonyl (C=O) groups excluding carboxylic acids is 4. The van der Waals surface area contributed by atoms with E-state index in [-0.39, 0.29) is 23.2 Å². The molecule has 0 spiro atoms. The molecule has 1 aliphatic carbocycles. The quantitative estimate of drug-likeness (QED) is 0.314. The number of hydrogen-bond donors (Lipinski definition) is 4. The van der Waals surface area contributed by atoms with Crippen LogP contribution in [0.4, 0.5) is 23.7 Å². The first kappa shape index (κ1) is 34.2. The van der Waals surface area contributed by atoms with Crippen LogP contribution in [0.2, 0.25) is 0 Å². The number of rotatable bonds is 10. The van der Waals surface area contributed by atoms with Gasteiger partial charge < -0.3 is 31.1 Å². The monoisotopic (exact) mass is 641 g/mol. The maximum atomic E-state index is 15.3. The van der Waals surface area contributed by atoms with Crippen molar-refractivity contribution in [2.45, 2.75) is 63.1 Å². The van der Waals surface area contributed by atoms with E-state index in [0.29, 0.717) is 31.7 Å². The number of likely N-dealkylation sites (N-methyl/N-ethyl adjacent to an activating group) is 1. The minimum absolute atomic E-state index is 0.0446. The molecule has 2 aromatic carbocycles. The van der Waals surface area contributed by atoms with Crippen LogP contribution in [0.5, 0.6) is 0 Å². The van der Waals surface area contributed by atoms with Gasteiger partial charge in [0.05, 0.1) is 17.3 Å². The van der Waals surface area contributed by atoms with Gasteiger partial charge in [-0.15, -0.1) is 0 Å². The van der Waals surface area contributed by atoms with Crippen LogP contribution in [-0.2, 0) is 20.3 Å². The average molecular weight is 642 g/mol. The molecule has 2 aliphatic rings. The highest BCUT2D eigenvalue weighted by molar-refractivity contribution is 5.98. The van der Waals surface area contributed by atoms with Crippen molar-refractivity contribution in [2.24, 2.45) is 0 Å². The van der Waals surface area contributed by atoms with Gasteiger partial charge in [0.1, 0.15) is 17.9 Å². The molecule has 0 bridgehead atoms. The van der Waals surface area contributed by atoms with Gasteiger partial charge in [-0.25, -0.2) is 9.18 Å². The maximum Gasteiger partial charge on any atom is 0.349 e. The molecule has 2 aromatic rings. The van der Waals surface area contributed by atoms with E-state index in [2.05, 4.69) is 20.9 Å². The molecule has 0 radical (unpaired) electrons. The Hall–Kier alpha value is -4.64. The molecule has 5 amide bonds. The Morgan fingerprint density at radius 1 is 1.00 bits per heavy atom. The first-order valence-electron chi connectivity index (χ1n) is 15.1. The summed E-state index contributed by atoms with van der Waals surface area (Å²) in [5.74, 6) is -8.56. The molecule has 246 valence electrons. The topological polar surface area (TPSA) is 147 Å². The van der Waals surface area contributed by atoms with Crippen molar-refractivity contribution in [3.63, 3.8) is 0 Å². The fourth-order valence-electron chi connectivity index (χ4n) is 5.16. The summed E-state index contributed by atoms with van der Waals surface area (Å²) in [6.45, 7) is 5.18. The minimum Gasteiger partial charge on any atom is -0.339 e. The Labute approximate surface area is 265 Å². The first-order chi connectivity index (χ1) is 21.8. The van der Waals surface area contributed by atoms with E-state index < -0.39 is 53.2 Å². The highest BCUT2D eigenvalue weighted by Gasteiger charge is 2.42. The van der Waals surface area contributed by atoms with Crippen LogP contribution >= 0.6 is 0 Å². The smallest absolute Gasteiger partial charge is 0.339 e. The number of anilines is 1. The molecule has 4 N–H and O–H groups in total. The number of halogens is 3. The third kappa shape index (κ3) is 8.14. The van der Waals surface area contributed by atoms with Gasteiger partial charge in [-0.05, 0) is 63.1 Å². The highest BCUT2D eigenvalue weighted by Crippen LogP contribution is 2.29. The predicted molar refractivity (Wildman–Crippen MR) is 163 cm³/mol. The number of nitrogens with one attached hydrogen (secondary N) is 4. The number of piperazine rings is 1. The second kappa shape index (κ2) is 14.6. The molecule has 0 aromatic heterocycles. The van der Waals surface area contributed by atoms with Crippen LogP contribution in [0.25, 0.3) is 0 Å². The zero-order chi connectivity index (χ0) is 33.6. The fraction of sp³-hybridized carbons (Fsp3) is 0.469. The van der Waals surface area contributed by atoms with Crippen LogP contribution in [-0.4, -0.2) is 84.9 Å². The number of amides is 5. The largest absolute Gasteiger partial charge is 0.349 e. The number of hydrogen-bond acceptors (Lipinski definition) is 6. The van der Waals surface area contributed by atoms with Crippen molar-refractivity contribution < 1.29 is 32.3 Å². The second-order valence-corrected chi connectivity index (χ2v) is 11.8. The fourth-order valence-corrected chi connectivity index (χ4v) is 5.16. The van der Waals surface area contributed by atoms with E-state index in [1.165, 1.54) is 24.3 Å². The van der Waals surface area contributed by atoms with Crippen LogP contribution in [0.3, 0.4) is 0 Å². The lowest BCUT2D eigenvalue weighted by Crippen LogP contribution is -2.58. The third-order valence-corrected chi connectivity index (χ3v) is 8.47. The van der Waals surface area contributed by atoms with Gasteiger partial charge in [-0.1, -0.05) is 25.1 Å². The maximum absolute atomic E-state index is 15.3. The van der Waals surface area contributed by atoms with E-state index in [4.69, 9.17) is 5.26 Å². The van der Waals surface area contributed by atoms with Gasteiger partial charge in [0, 0.05) is 43.7 Å². The number of nitriles is 1. The molecule has 1 saturated heterocycles. The average Bonchev–Trinajstić information content (AvgIpc) is 3.02. The van der Waals surface area contributed by atoms with Gasteiger partial charge in [0.2, 0.25) is 11.8 Å². The molecule has 3 atom stereocenters. The van der Waals surface area contributed by atoms with Gasteiger partial charge in [-0.3, -0.25) is 14.4 Å². The van der Waals surface area contributed by atoms with Crippen LogP contribution in [0.1, 0.15) is 55.7 Å². The summed E-state index contributed by atoms with van der Waals surface area (Å²) < 4.78 is 44.8. The van der Waals surface area contributed by atoms with Gasteiger partial charge in [0.25, 0.3) is 5.91 Å². The van der Waals surface area contributed by atoms with Crippen molar-refractivity contribution >= 4 is 29.4 Å². The molecular weight excluding hydrogens is 603 g/mol. The number of urea groups is 1.